The van der Waals surface area contributed by atoms with Gasteiger partial charge < -0.3 is 9.14 Å². The Balaban J connectivity index is 2.65. The van der Waals surface area contributed by atoms with Gasteiger partial charge in [-0.1, -0.05) is 0 Å². The van der Waals surface area contributed by atoms with E-state index in [1.54, 1.807) is 10.6 Å². The average Bonchev–Trinajstić information content (AvgIpc) is 2.60. The zero-order valence-corrected chi connectivity index (χ0v) is 9.91. The number of aromatic nitrogens is 2. The fourth-order valence-electron chi connectivity index (χ4n) is 1.43. The van der Waals surface area contributed by atoms with E-state index in [1.165, 1.54) is 7.11 Å². The van der Waals surface area contributed by atoms with Crippen molar-refractivity contribution in [1.82, 2.24) is 9.38 Å². The maximum absolute atomic E-state index is 11.3. The number of rotatable bonds is 1. The van der Waals surface area contributed by atoms with Gasteiger partial charge in [-0.3, -0.25) is 0 Å². The highest BCUT2D eigenvalue weighted by atomic mass is 79.9. The molecule has 2 heterocycles. The molecule has 0 radical (unpaired) electrons. The van der Waals surface area contributed by atoms with Crippen LogP contribution in [0.4, 0.5) is 0 Å². The first-order valence-corrected chi connectivity index (χ1v) is 5.14. The second-order valence-electron chi connectivity index (χ2n) is 3.19. The Bertz CT molecular complexity index is 533. The number of hydrogen-bond acceptors (Lipinski definition) is 3. The summed E-state index contributed by atoms with van der Waals surface area (Å²) in [7, 11) is 1.34. The van der Waals surface area contributed by atoms with Crippen LogP contribution in [-0.4, -0.2) is 22.5 Å². The summed E-state index contributed by atoms with van der Waals surface area (Å²) < 4.78 is 7.35. The summed E-state index contributed by atoms with van der Waals surface area (Å²) in [5, 5.41) is 0. The molecule has 0 spiro atoms. The summed E-state index contributed by atoms with van der Waals surface area (Å²) in [6.07, 6.45) is 3.50. The zero-order valence-electron chi connectivity index (χ0n) is 8.32. The molecule has 0 atom stereocenters. The topological polar surface area (TPSA) is 43.6 Å². The maximum atomic E-state index is 11.3. The lowest BCUT2D eigenvalue weighted by atomic mass is 10.3. The Labute approximate surface area is 95.0 Å². The second-order valence-corrected chi connectivity index (χ2v) is 4.11. The Morgan fingerprint density at radius 2 is 2.27 bits per heavy atom. The monoisotopic (exact) mass is 268 g/mol. The van der Waals surface area contributed by atoms with Gasteiger partial charge in [-0.05, 0) is 34.5 Å². The van der Waals surface area contributed by atoms with Crippen LogP contribution in [0.1, 0.15) is 16.1 Å². The van der Waals surface area contributed by atoms with E-state index in [4.69, 9.17) is 0 Å². The van der Waals surface area contributed by atoms with Crippen LogP contribution in [0.25, 0.3) is 5.65 Å². The largest absolute Gasteiger partial charge is 0.464 e. The first-order chi connectivity index (χ1) is 7.11. The van der Waals surface area contributed by atoms with Gasteiger partial charge in [0.1, 0.15) is 5.65 Å². The highest BCUT2D eigenvalue weighted by molar-refractivity contribution is 9.10. The van der Waals surface area contributed by atoms with Gasteiger partial charge in [0.05, 0.1) is 7.11 Å². The van der Waals surface area contributed by atoms with Gasteiger partial charge in [-0.25, -0.2) is 9.78 Å². The van der Waals surface area contributed by atoms with E-state index in [0.717, 1.165) is 15.7 Å². The lowest BCUT2D eigenvalue weighted by Crippen LogP contribution is -2.00. The van der Waals surface area contributed by atoms with E-state index in [-0.39, 0.29) is 0 Å². The van der Waals surface area contributed by atoms with Crippen molar-refractivity contribution in [2.24, 2.45) is 0 Å². The lowest BCUT2D eigenvalue weighted by Gasteiger charge is -1.97. The normalized spacial score (nSPS) is 10.6. The molecule has 2 aromatic rings. The molecule has 2 aromatic heterocycles. The van der Waals surface area contributed by atoms with Crippen molar-refractivity contribution < 1.29 is 9.53 Å². The molecule has 15 heavy (non-hydrogen) atoms. The van der Waals surface area contributed by atoms with Crippen LogP contribution in [0.3, 0.4) is 0 Å². The third kappa shape index (κ3) is 1.74. The maximum Gasteiger partial charge on any atom is 0.358 e. The minimum absolute atomic E-state index is 0.318. The number of nitrogens with zero attached hydrogens (tertiary/aromatic N) is 2. The molecule has 0 aromatic carbocycles. The first-order valence-electron chi connectivity index (χ1n) is 4.35. The van der Waals surface area contributed by atoms with E-state index < -0.39 is 5.97 Å². The average molecular weight is 269 g/mol. The number of hydrogen-bond donors (Lipinski definition) is 0. The summed E-state index contributed by atoms with van der Waals surface area (Å²) in [4.78, 5) is 15.5. The third-order valence-electron chi connectivity index (χ3n) is 2.10. The van der Waals surface area contributed by atoms with E-state index in [9.17, 15) is 4.79 Å². The minimum Gasteiger partial charge on any atom is -0.464 e. The van der Waals surface area contributed by atoms with E-state index in [2.05, 4.69) is 25.7 Å². The Morgan fingerprint density at radius 1 is 1.53 bits per heavy atom. The van der Waals surface area contributed by atoms with Crippen LogP contribution in [0.15, 0.2) is 22.9 Å². The number of ether oxygens (including phenoxy) is 1. The second kappa shape index (κ2) is 3.66. The molecule has 0 aliphatic heterocycles. The molecule has 4 nitrogen and oxygen atoms in total. The molecular formula is C10H9BrN2O2. The number of carbonyl (C=O) groups is 1. The van der Waals surface area contributed by atoms with Crippen molar-refractivity contribution in [2.75, 3.05) is 7.11 Å². The molecular weight excluding hydrogens is 260 g/mol. The number of halogens is 1. The number of fused-ring (bicyclic) bond motifs is 1. The minimum atomic E-state index is -0.422. The van der Waals surface area contributed by atoms with Crippen LogP contribution in [0.2, 0.25) is 0 Å². The molecule has 0 saturated carbocycles. The predicted octanol–water partition coefficient (Wildman–Crippen LogP) is 2.19. The molecule has 0 saturated heterocycles. The Hall–Kier alpha value is -1.36. The number of imidazole rings is 1. The van der Waals surface area contributed by atoms with Crippen LogP contribution < -0.4 is 0 Å². The summed E-state index contributed by atoms with van der Waals surface area (Å²) in [5.74, 6) is -0.422. The molecule has 2 rings (SSSR count). The predicted molar refractivity (Wildman–Crippen MR) is 59.0 cm³/mol. The molecule has 0 N–H and O–H groups in total. The summed E-state index contributed by atoms with van der Waals surface area (Å²) >= 11 is 3.38. The van der Waals surface area contributed by atoms with Crippen molar-refractivity contribution in [3.8, 4) is 0 Å². The number of aryl methyl sites for hydroxylation is 1. The van der Waals surface area contributed by atoms with Gasteiger partial charge in [0, 0.05) is 16.9 Å². The fourth-order valence-corrected chi connectivity index (χ4v) is 1.99. The number of pyridine rings is 1. The van der Waals surface area contributed by atoms with E-state index in [1.807, 2.05) is 19.2 Å². The molecule has 0 aliphatic carbocycles. The molecule has 0 unspecified atom stereocenters. The van der Waals surface area contributed by atoms with Gasteiger partial charge >= 0.3 is 5.97 Å². The standard InChI is InChI=1S/C10H9BrN2O2/c1-6-3-7(11)4-13-5-8(10(14)15-2)12-9(6)13/h3-5H,1-2H3. The SMILES string of the molecule is COC(=O)c1cn2cc(Br)cc(C)c2n1. The quantitative estimate of drug-likeness (QED) is 0.745. The summed E-state index contributed by atoms with van der Waals surface area (Å²) in [5.41, 5.74) is 2.08. The van der Waals surface area contributed by atoms with Crippen molar-refractivity contribution in [1.29, 1.82) is 0 Å². The Morgan fingerprint density at radius 3 is 2.93 bits per heavy atom. The van der Waals surface area contributed by atoms with Crippen LogP contribution in [0, 0.1) is 6.92 Å². The van der Waals surface area contributed by atoms with E-state index >= 15 is 0 Å². The van der Waals surface area contributed by atoms with Crippen LogP contribution in [-0.2, 0) is 4.74 Å². The highest BCUT2D eigenvalue weighted by Gasteiger charge is 2.11. The molecule has 78 valence electrons. The fraction of sp³-hybridized carbons (Fsp3) is 0.200. The summed E-state index contributed by atoms with van der Waals surface area (Å²) in [6, 6.07) is 1.95. The van der Waals surface area contributed by atoms with Crippen LogP contribution >= 0.6 is 15.9 Å². The lowest BCUT2D eigenvalue weighted by molar-refractivity contribution is 0.0595. The van der Waals surface area contributed by atoms with Gasteiger partial charge in [-0.2, -0.15) is 0 Å². The first kappa shape index (κ1) is 10.2. The highest BCUT2D eigenvalue weighted by Crippen LogP contribution is 2.17. The smallest absolute Gasteiger partial charge is 0.358 e. The molecule has 0 fully saturated rings. The van der Waals surface area contributed by atoms with Crippen molar-refractivity contribution in [3.63, 3.8) is 0 Å². The zero-order chi connectivity index (χ0) is 11.0. The number of methoxy groups -OCH3 is 1. The molecule has 5 heteroatoms. The van der Waals surface area contributed by atoms with Crippen molar-refractivity contribution in [3.05, 3.63) is 34.2 Å². The van der Waals surface area contributed by atoms with Gasteiger partial charge in [0.15, 0.2) is 5.69 Å². The molecule has 0 bridgehead atoms. The molecule has 0 amide bonds. The van der Waals surface area contributed by atoms with Gasteiger partial charge in [0.25, 0.3) is 0 Å². The van der Waals surface area contributed by atoms with Gasteiger partial charge in [0.2, 0.25) is 0 Å². The van der Waals surface area contributed by atoms with Gasteiger partial charge in [-0.15, -0.1) is 0 Å². The van der Waals surface area contributed by atoms with E-state index in [0.29, 0.717) is 5.69 Å². The third-order valence-corrected chi connectivity index (χ3v) is 2.53. The van der Waals surface area contributed by atoms with Crippen molar-refractivity contribution >= 4 is 27.5 Å². The number of carbonyl (C=O) groups excluding carboxylic acids is 1. The number of esters is 1. The van der Waals surface area contributed by atoms with Crippen LogP contribution in [0.5, 0.6) is 0 Å². The molecule has 0 aliphatic rings. The summed E-state index contributed by atoms with van der Waals surface area (Å²) in [6.45, 7) is 1.94. The Kier molecular flexibility index (Phi) is 2.48. The van der Waals surface area contributed by atoms with Crippen molar-refractivity contribution in [2.45, 2.75) is 6.92 Å².